The highest BCUT2D eigenvalue weighted by Crippen LogP contribution is 2.23. The number of amides is 2. The van der Waals surface area contributed by atoms with Crippen molar-refractivity contribution in [3.05, 3.63) is 83.3 Å². The number of pyridine rings is 1. The van der Waals surface area contributed by atoms with Crippen LogP contribution in [0.1, 0.15) is 5.56 Å². The minimum atomic E-state index is -1.03. The third kappa shape index (κ3) is 5.45. The Bertz CT molecular complexity index is 1180. The van der Waals surface area contributed by atoms with Gasteiger partial charge in [-0.25, -0.2) is 9.37 Å². The number of nitrogens with zero attached hydrogens (tertiary/aromatic N) is 3. The fraction of sp³-hybridized carbons (Fsp3) is 0.130. The maximum atomic E-state index is 13.0. The number of nitrogens with two attached hydrogens (primary N) is 1. The number of rotatable bonds is 6. The van der Waals surface area contributed by atoms with E-state index in [0.717, 1.165) is 11.8 Å². The van der Waals surface area contributed by atoms with E-state index >= 15 is 0 Å². The summed E-state index contributed by atoms with van der Waals surface area (Å²) >= 11 is 5.95. The van der Waals surface area contributed by atoms with Crippen LogP contribution in [0.5, 0.6) is 11.6 Å². The Morgan fingerprint density at radius 1 is 1.15 bits per heavy atom. The highest BCUT2D eigenvalue weighted by molar-refractivity contribution is 6.30. The summed E-state index contributed by atoms with van der Waals surface area (Å²) in [4.78, 5) is 34.3. The number of nitrogens with one attached hydrogen (secondary N) is 1. The topological polar surface area (TPSA) is 110 Å². The fourth-order valence-electron chi connectivity index (χ4n) is 3.16. The molecule has 2 aromatic carbocycles. The Morgan fingerprint density at radius 2 is 1.88 bits per heavy atom. The summed E-state index contributed by atoms with van der Waals surface area (Å²) in [5.41, 5.74) is 6.83. The molecule has 33 heavy (non-hydrogen) atoms. The van der Waals surface area contributed by atoms with E-state index in [9.17, 15) is 14.0 Å². The molecule has 0 radical (unpaired) electrons. The molecule has 4 rings (SSSR count). The van der Waals surface area contributed by atoms with E-state index in [1.807, 2.05) is 0 Å². The monoisotopic (exact) mass is 467 g/mol. The molecule has 0 aliphatic carbocycles. The van der Waals surface area contributed by atoms with Crippen molar-refractivity contribution in [2.75, 3.05) is 11.9 Å². The summed E-state index contributed by atoms with van der Waals surface area (Å²) in [6, 6.07) is 16.5. The molecule has 0 saturated carbocycles. The minimum absolute atomic E-state index is 0.0367. The van der Waals surface area contributed by atoms with Gasteiger partial charge in [0.2, 0.25) is 23.7 Å². The van der Waals surface area contributed by atoms with E-state index < -0.39 is 23.5 Å². The number of carbonyl (C=O) groups is 2. The van der Waals surface area contributed by atoms with Crippen LogP contribution in [0.2, 0.25) is 5.02 Å². The van der Waals surface area contributed by atoms with E-state index in [1.54, 1.807) is 48.5 Å². The second kappa shape index (κ2) is 9.66. The Labute approximate surface area is 193 Å². The molecule has 1 aromatic heterocycles. The average molecular weight is 468 g/mol. The summed E-state index contributed by atoms with van der Waals surface area (Å²) in [7, 11) is 0. The summed E-state index contributed by atoms with van der Waals surface area (Å²) in [5, 5.41) is 3.68. The molecule has 1 unspecified atom stereocenters. The molecule has 2 heterocycles. The van der Waals surface area contributed by atoms with E-state index in [2.05, 4.69) is 15.3 Å². The highest BCUT2D eigenvalue weighted by Gasteiger charge is 2.35. The van der Waals surface area contributed by atoms with Crippen molar-refractivity contribution < 1.29 is 18.7 Å². The first kappa shape index (κ1) is 22.2. The third-order valence-corrected chi connectivity index (χ3v) is 5.13. The van der Waals surface area contributed by atoms with Gasteiger partial charge in [-0.2, -0.15) is 0 Å². The second-order valence-electron chi connectivity index (χ2n) is 7.24. The third-order valence-electron chi connectivity index (χ3n) is 4.87. The molecule has 8 nitrogen and oxygen atoms in total. The molecule has 0 bridgehead atoms. The lowest BCUT2D eigenvalue weighted by Crippen LogP contribution is -2.51. The van der Waals surface area contributed by atoms with Crippen LogP contribution in [-0.4, -0.2) is 34.2 Å². The van der Waals surface area contributed by atoms with E-state index in [4.69, 9.17) is 22.1 Å². The van der Waals surface area contributed by atoms with Crippen LogP contribution in [0.15, 0.2) is 71.9 Å². The van der Waals surface area contributed by atoms with Gasteiger partial charge in [0.05, 0.1) is 19.3 Å². The lowest BCUT2D eigenvalue weighted by molar-refractivity contribution is -0.138. The molecular formula is C23H19ClFN5O3. The molecule has 1 atom stereocenters. The number of halogens is 2. The fourth-order valence-corrected chi connectivity index (χ4v) is 3.28. The van der Waals surface area contributed by atoms with Crippen molar-refractivity contribution in [1.29, 1.82) is 0 Å². The number of anilines is 1. The zero-order valence-electron chi connectivity index (χ0n) is 17.2. The molecule has 0 fully saturated rings. The van der Waals surface area contributed by atoms with Crippen LogP contribution in [-0.2, 0) is 16.1 Å². The van der Waals surface area contributed by atoms with E-state index in [0.29, 0.717) is 22.4 Å². The molecular weight excluding hydrogens is 449 g/mol. The van der Waals surface area contributed by atoms with Gasteiger partial charge >= 0.3 is 0 Å². The van der Waals surface area contributed by atoms with Crippen molar-refractivity contribution in [2.45, 2.75) is 6.54 Å². The maximum absolute atomic E-state index is 13.0. The first-order chi connectivity index (χ1) is 15.9. The minimum Gasteiger partial charge on any atom is -0.439 e. The Balaban J connectivity index is 1.51. The van der Waals surface area contributed by atoms with Gasteiger partial charge in [0.25, 0.3) is 0 Å². The summed E-state index contributed by atoms with van der Waals surface area (Å²) in [5.74, 6) is -1.59. The van der Waals surface area contributed by atoms with Gasteiger partial charge in [-0.3, -0.25) is 19.5 Å². The van der Waals surface area contributed by atoms with Crippen LogP contribution in [0.3, 0.4) is 0 Å². The summed E-state index contributed by atoms with van der Waals surface area (Å²) < 4.78 is 18.6. The summed E-state index contributed by atoms with van der Waals surface area (Å²) in [6.07, 6.45) is 1.07. The number of benzene rings is 2. The number of aliphatic imine (C=N–C) groups is 1. The van der Waals surface area contributed by atoms with Gasteiger partial charge in [-0.1, -0.05) is 23.7 Å². The molecule has 0 spiro atoms. The number of ether oxygens (including phenoxy) is 1. The van der Waals surface area contributed by atoms with Crippen molar-refractivity contribution in [2.24, 2.45) is 16.6 Å². The number of hydrogen-bond donors (Lipinski definition) is 2. The standard InChI is InChI=1S/C23H19ClFN5O3/c24-15-3-1-14(2-4-15)13-30-22(32)19(21(26)31)12-28-23(30)29-17-6-8-18(9-7-17)33-20-10-5-16(25)11-27-20/h1-11,19H,12-13H2,(H2,26,31)(H,28,29). The largest absolute Gasteiger partial charge is 0.439 e. The van der Waals surface area contributed by atoms with Crippen LogP contribution in [0.25, 0.3) is 0 Å². The quantitative estimate of drug-likeness (QED) is 0.538. The number of primary amides is 1. The first-order valence-corrected chi connectivity index (χ1v) is 10.3. The predicted octanol–water partition coefficient (Wildman–Crippen LogP) is 3.58. The Kier molecular flexibility index (Phi) is 6.50. The molecule has 2 amide bonds. The number of guanidine groups is 1. The molecule has 1 aliphatic rings. The van der Waals surface area contributed by atoms with Crippen LogP contribution in [0.4, 0.5) is 10.1 Å². The van der Waals surface area contributed by atoms with E-state index in [-0.39, 0.29) is 19.0 Å². The van der Waals surface area contributed by atoms with Gasteiger partial charge in [-0.15, -0.1) is 0 Å². The first-order valence-electron chi connectivity index (χ1n) is 9.95. The van der Waals surface area contributed by atoms with Crippen molar-refractivity contribution in [3.63, 3.8) is 0 Å². The van der Waals surface area contributed by atoms with Gasteiger partial charge in [0.1, 0.15) is 17.5 Å². The Hall–Kier alpha value is -3.98. The molecule has 3 aromatic rings. The number of carbonyl (C=O) groups excluding carboxylic acids is 2. The van der Waals surface area contributed by atoms with Crippen molar-refractivity contribution in [3.8, 4) is 11.6 Å². The van der Waals surface area contributed by atoms with Crippen LogP contribution >= 0.6 is 11.6 Å². The zero-order chi connectivity index (χ0) is 23.4. The molecule has 0 saturated heterocycles. The maximum Gasteiger partial charge on any atom is 0.244 e. The normalized spacial score (nSPS) is 15.7. The van der Waals surface area contributed by atoms with Gasteiger partial charge in [-0.05, 0) is 48.0 Å². The van der Waals surface area contributed by atoms with Crippen LogP contribution in [0, 0.1) is 11.7 Å². The van der Waals surface area contributed by atoms with Crippen LogP contribution < -0.4 is 15.8 Å². The van der Waals surface area contributed by atoms with Gasteiger partial charge in [0, 0.05) is 16.8 Å². The zero-order valence-corrected chi connectivity index (χ0v) is 18.0. The molecule has 1 aliphatic heterocycles. The second-order valence-corrected chi connectivity index (χ2v) is 7.67. The highest BCUT2D eigenvalue weighted by atomic mass is 35.5. The van der Waals surface area contributed by atoms with E-state index in [1.165, 1.54) is 17.0 Å². The molecule has 3 N–H and O–H groups in total. The van der Waals surface area contributed by atoms with Gasteiger partial charge in [0.15, 0.2) is 0 Å². The van der Waals surface area contributed by atoms with Crippen molar-refractivity contribution in [1.82, 2.24) is 9.88 Å². The lowest BCUT2D eigenvalue weighted by Gasteiger charge is -2.31. The Morgan fingerprint density at radius 3 is 2.52 bits per heavy atom. The lowest BCUT2D eigenvalue weighted by atomic mass is 10.1. The smallest absolute Gasteiger partial charge is 0.244 e. The molecule has 10 heteroatoms. The number of aromatic nitrogens is 1. The van der Waals surface area contributed by atoms with Crippen molar-refractivity contribution >= 4 is 35.1 Å². The average Bonchev–Trinajstić information content (AvgIpc) is 2.80. The predicted molar refractivity (Wildman–Crippen MR) is 121 cm³/mol. The molecule has 168 valence electrons. The SMILES string of the molecule is NC(=O)C1CN=C(Nc2ccc(Oc3ccc(F)cn3)cc2)N(Cc2ccc(Cl)cc2)C1=O. The van der Waals surface area contributed by atoms with Gasteiger partial charge < -0.3 is 15.8 Å². The number of hydrogen-bond acceptors (Lipinski definition) is 6. The summed E-state index contributed by atoms with van der Waals surface area (Å²) in [6.45, 7) is 0.147.